The maximum absolute atomic E-state index is 12.6. The summed E-state index contributed by atoms with van der Waals surface area (Å²) in [6.45, 7) is 4.12. The van der Waals surface area contributed by atoms with Crippen LogP contribution in [-0.2, 0) is 11.2 Å². The molecule has 5 heteroatoms. The van der Waals surface area contributed by atoms with Gasteiger partial charge in [0.25, 0.3) is 0 Å². The number of aromatic amines is 1. The van der Waals surface area contributed by atoms with Crippen molar-refractivity contribution >= 4 is 17.7 Å². The van der Waals surface area contributed by atoms with E-state index in [1.165, 1.54) is 41.3 Å². The molecule has 3 aromatic rings. The van der Waals surface area contributed by atoms with Crippen LogP contribution in [0.15, 0.2) is 59.8 Å². The minimum Gasteiger partial charge on any atom is -0.348 e. The average molecular weight is 406 g/mol. The zero-order valence-electron chi connectivity index (χ0n) is 16.9. The maximum atomic E-state index is 12.6. The van der Waals surface area contributed by atoms with Gasteiger partial charge in [-0.15, -0.1) is 0 Å². The zero-order chi connectivity index (χ0) is 20.2. The number of carbonyl (C=O) groups excluding carboxylic acids is 1. The lowest BCUT2D eigenvalue weighted by Gasteiger charge is -2.19. The molecule has 1 aromatic heterocycles. The van der Waals surface area contributed by atoms with Crippen LogP contribution in [0.2, 0.25) is 0 Å². The summed E-state index contributed by atoms with van der Waals surface area (Å²) < 4.78 is 0. The molecule has 0 spiro atoms. The second-order valence-corrected chi connectivity index (χ2v) is 8.82. The normalized spacial score (nSPS) is 14.6. The third-order valence-corrected chi connectivity index (χ3v) is 6.24. The Kier molecular flexibility index (Phi) is 6.05. The van der Waals surface area contributed by atoms with Crippen LogP contribution in [-0.4, -0.2) is 21.6 Å². The Bertz CT molecular complexity index is 962. The molecular formula is C24H27N3OS. The van der Waals surface area contributed by atoms with E-state index in [1.54, 1.807) is 0 Å². The molecule has 4 nitrogen and oxygen atoms in total. The number of rotatable bonds is 8. The van der Waals surface area contributed by atoms with Gasteiger partial charge in [-0.05, 0) is 43.7 Å². The highest BCUT2D eigenvalue weighted by molar-refractivity contribution is 7.99. The molecule has 0 saturated heterocycles. The van der Waals surface area contributed by atoms with E-state index in [0.717, 1.165) is 23.0 Å². The molecule has 1 aliphatic rings. The van der Waals surface area contributed by atoms with Gasteiger partial charge in [0.15, 0.2) is 5.16 Å². The van der Waals surface area contributed by atoms with E-state index in [2.05, 4.69) is 53.6 Å². The van der Waals surface area contributed by atoms with E-state index < -0.39 is 0 Å². The number of nitrogens with zero attached hydrogens (tertiary/aromatic N) is 1. The van der Waals surface area contributed by atoms with Crippen molar-refractivity contribution in [1.82, 2.24) is 15.3 Å². The van der Waals surface area contributed by atoms with Gasteiger partial charge in [-0.2, -0.15) is 0 Å². The van der Waals surface area contributed by atoms with Crippen molar-refractivity contribution in [2.24, 2.45) is 5.92 Å². The monoisotopic (exact) mass is 405 g/mol. The van der Waals surface area contributed by atoms with Gasteiger partial charge in [0, 0.05) is 12.1 Å². The van der Waals surface area contributed by atoms with Crippen LogP contribution in [0.4, 0.5) is 0 Å². The number of nitrogens with one attached hydrogen (secondary N) is 2. The van der Waals surface area contributed by atoms with E-state index >= 15 is 0 Å². The Morgan fingerprint density at radius 2 is 1.86 bits per heavy atom. The molecule has 4 rings (SSSR count). The molecule has 1 saturated carbocycles. The summed E-state index contributed by atoms with van der Waals surface area (Å²) in [5.41, 5.74) is 5.78. The zero-order valence-corrected chi connectivity index (χ0v) is 17.8. The van der Waals surface area contributed by atoms with Crippen LogP contribution in [0.1, 0.15) is 47.0 Å². The lowest BCUT2D eigenvalue weighted by Crippen LogP contribution is -2.31. The first-order valence-electron chi connectivity index (χ1n) is 10.2. The number of hydrogen-bond donors (Lipinski definition) is 2. The Balaban J connectivity index is 1.34. The third kappa shape index (κ3) is 5.30. The van der Waals surface area contributed by atoms with Gasteiger partial charge in [0.1, 0.15) is 0 Å². The Morgan fingerprint density at radius 1 is 1.14 bits per heavy atom. The Hall–Kier alpha value is -2.53. The van der Waals surface area contributed by atoms with E-state index in [-0.39, 0.29) is 11.9 Å². The topological polar surface area (TPSA) is 57.8 Å². The second kappa shape index (κ2) is 8.87. The molecular weight excluding hydrogens is 378 g/mol. The molecule has 1 heterocycles. The van der Waals surface area contributed by atoms with E-state index in [0.29, 0.717) is 11.7 Å². The molecule has 1 unspecified atom stereocenters. The summed E-state index contributed by atoms with van der Waals surface area (Å²) in [7, 11) is 0. The SMILES string of the molecule is Cc1ccc(C(NC(=O)CSc2nc(Cc3ccccc3)c(C)[nH]2)C2CC2)cc1. The number of amides is 1. The highest BCUT2D eigenvalue weighted by Gasteiger charge is 2.33. The molecule has 0 aliphatic heterocycles. The molecule has 1 aliphatic carbocycles. The summed E-state index contributed by atoms with van der Waals surface area (Å²) in [6, 6.07) is 19.0. The highest BCUT2D eigenvalue weighted by Crippen LogP contribution is 2.41. The van der Waals surface area contributed by atoms with Gasteiger partial charge in [-0.3, -0.25) is 4.79 Å². The van der Waals surface area contributed by atoms with Gasteiger partial charge in [-0.1, -0.05) is 71.9 Å². The van der Waals surface area contributed by atoms with Crippen molar-refractivity contribution in [3.63, 3.8) is 0 Å². The quantitative estimate of drug-likeness (QED) is 0.520. The van der Waals surface area contributed by atoms with Crippen molar-refractivity contribution < 1.29 is 4.79 Å². The molecule has 2 aromatic carbocycles. The predicted molar refractivity (Wildman–Crippen MR) is 118 cm³/mol. The molecule has 0 bridgehead atoms. The molecule has 1 atom stereocenters. The maximum Gasteiger partial charge on any atom is 0.230 e. The number of H-pyrrole nitrogens is 1. The van der Waals surface area contributed by atoms with Gasteiger partial charge in [-0.25, -0.2) is 4.98 Å². The van der Waals surface area contributed by atoms with Gasteiger partial charge >= 0.3 is 0 Å². The first kappa shape index (κ1) is 19.8. The van der Waals surface area contributed by atoms with E-state index in [1.807, 2.05) is 25.1 Å². The highest BCUT2D eigenvalue weighted by atomic mass is 32.2. The minimum absolute atomic E-state index is 0.0612. The van der Waals surface area contributed by atoms with Crippen LogP contribution in [0.25, 0.3) is 0 Å². The van der Waals surface area contributed by atoms with Crippen LogP contribution in [0, 0.1) is 19.8 Å². The second-order valence-electron chi connectivity index (χ2n) is 7.86. The summed E-state index contributed by atoms with van der Waals surface area (Å²) in [5.74, 6) is 0.994. The molecule has 1 fully saturated rings. The van der Waals surface area contributed by atoms with Crippen LogP contribution in [0.3, 0.4) is 0 Å². The van der Waals surface area contributed by atoms with Gasteiger partial charge in [0.05, 0.1) is 17.5 Å². The van der Waals surface area contributed by atoms with E-state index in [9.17, 15) is 4.79 Å². The number of benzene rings is 2. The lowest BCUT2D eigenvalue weighted by atomic mass is 10.0. The summed E-state index contributed by atoms with van der Waals surface area (Å²) in [4.78, 5) is 20.6. The predicted octanol–water partition coefficient (Wildman–Crippen LogP) is 4.98. The number of aromatic nitrogens is 2. The van der Waals surface area contributed by atoms with Crippen molar-refractivity contribution in [1.29, 1.82) is 0 Å². The average Bonchev–Trinajstić information content (AvgIpc) is 3.50. The Morgan fingerprint density at radius 3 is 2.55 bits per heavy atom. The standard InChI is InChI=1S/C24H27N3OS/c1-16-8-10-19(11-9-16)23(20-12-13-20)27-22(28)15-29-24-25-17(2)21(26-24)14-18-6-4-3-5-7-18/h3-11,20,23H,12-15H2,1-2H3,(H,25,26)(H,27,28). The van der Waals surface area contributed by atoms with Gasteiger partial charge < -0.3 is 10.3 Å². The first-order valence-corrected chi connectivity index (χ1v) is 11.1. The summed E-state index contributed by atoms with van der Waals surface area (Å²) in [6.07, 6.45) is 3.17. The smallest absolute Gasteiger partial charge is 0.230 e. The number of aryl methyl sites for hydroxylation is 2. The third-order valence-electron chi connectivity index (χ3n) is 5.36. The summed E-state index contributed by atoms with van der Waals surface area (Å²) in [5, 5.41) is 4.05. The molecule has 1 amide bonds. The van der Waals surface area contributed by atoms with Crippen LogP contribution >= 0.6 is 11.8 Å². The van der Waals surface area contributed by atoms with Crippen molar-refractivity contribution in [3.8, 4) is 0 Å². The number of imidazole rings is 1. The van der Waals surface area contributed by atoms with Crippen LogP contribution in [0.5, 0.6) is 0 Å². The number of hydrogen-bond acceptors (Lipinski definition) is 3. The van der Waals surface area contributed by atoms with Crippen LogP contribution < -0.4 is 5.32 Å². The molecule has 2 N–H and O–H groups in total. The lowest BCUT2D eigenvalue weighted by molar-refractivity contribution is -0.119. The molecule has 0 radical (unpaired) electrons. The van der Waals surface area contributed by atoms with E-state index in [4.69, 9.17) is 4.98 Å². The van der Waals surface area contributed by atoms with Crippen molar-refractivity contribution in [2.75, 3.05) is 5.75 Å². The number of carbonyl (C=O) groups is 1. The summed E-state index contributed by atoms with van der Waals surface area (Å²) >= 11 is 1.47. The van der Waals surface area contributed by atoms with Crippen molar-refractivity contribution in [2.45, 2.75) is 44.3 Å². The molecule has 150 valence electrons. The van der Waals surface area contributed by atoms with Crippen molar-refractivity contribution in [3.05, 3.63) is 82.7 Å². The fourth-order valence-corrected chi connectivity index (χ4v) is 4.27. The van der Waals surface area contributed by atoms with Gasteiger partial charge in [0.2, 0.25) is 5.91 Å². The molecule has 29 heavy (non-hydrogen) atoms. The largest absolute Gasteiger partial charge is 0.348 e. The Labute approximate surface area is 176 Å². The first-order chi connectivity index (χ1) is 14.1. The fourth-order valence-electron chi connectivity index (χ4n) is 3.52. The number of thioether (sulfide) groups is 1. The fraction of sp³-hybridized carbons (Fsp3) is 0.333. The minimum atomic E-state index is 0.0612.